The van der Waals surface area contributed by atoms with Crippen LogP contribution in [-0.4, -0.2) is 27.0 Å². The minimum Gasteiger partial charge on any atom is -0.478 e. The summed E-state index contributed by atoms with van der Waals surface area (Å²) in [6, 6.07) is 20.1. The lowest BCUT2D eigenvalue weighted by molar-refractivity contribution is -0.130. The Bertz CT molecular complexity index is 1230. The molecule has 0 saturated carbocycles. The molecule has 0 aliphatic heterocycles. The number of hydrogen-bond donors (Lipinski definition) is 3. The second-order valence-corrected chi connectivity index (χ2v) is 6.77. The summed E-state index contributed by atoms with van der Waals surface area (Å²) in [5.74, 6) is -1.19. The molecule has 0 aliphatic rings. The molecule has 0 unspecified atom stereocenters. The summed E-state index contributed by atoms with van der Waals surface area (Å²) in [6.45, 7) is 0. The van der Waals surface area contributed by atoms with E-state index in [1.807, 2.05) is 36.4 Å². The minimum absolute atomic E-state index is 0.155. The van der Waals surface area contributed by atoms with Gasteiger partial charge in [0.15, 0.2) is 0 Å². The van der Waals surface area contributed by atoms with E-state index in [1.54, 1.807) is 48.8 Å². The topological polar surface area (TPSA) is 95.1 Å². The molecule has 0 radical (unpaired) electrons. The molecule has 2 heterocycles. The normalized spacial score (nSPS) is 11.4. The van der Waals surface area contributed by atoms with Gasteiger partial charge in [-0.3, -0.25) is 4.79 Å². The summed E-state index contributed by atoms with van der Waals surface area (Å²) in [4.78, 5) is 31.8. The maximum absolute atomic E-state index is 12.6. The number of carbonyl (C=O) groups excluding carboxylic acids is 1. The smallest absolute Gasteiger partial charge is 0.336 e. The van der Waals surface area contributed by atoms with Crippen LogP contribution in [0.2, 0.25) is 0 Å². The predicted octanol–water partition coefficient (Wildman–Crippen LogP) is 4.37. The Morgan fingerprint density at radius 2 is 1.70 bits per heavy atom. The number of anilines is 1. The molecule has 148 valence electrons. The van der Waals surface area contributed by atoms with Crippen LogP contribution in [0, 0.1) is 0 Å². The Morgan fingerprint density at radius 1 is 1.00 bits per heavy atom. The average Bonchev–Trinajstić information content (AvgIpc) is 3.17. The summed E-state index contributed by atoms with van der Waals surface area (Å²) in [5.41, 5.74) is 3.43. The van der Waals surface area contributed by atoms with Crippen molar-refractivity contribution in [3.63, 3.8) is 0 Å². The number of aliphatic carboxylic acids is 1. The Morgan fingerprint density at radius 3 is 2.40 bits per heavy atom. The quantitative estimate of drug-likeness (QED) is 0.421. The van der Waals surface area contributed by atoms with E-state index in [0.29, 0.717) is 27.8 Å². The summed E-state index contributed by atoms with van der Waals surface area (Å²) >= 11 is 0. The van der Waals surface area contributed by atoms with Crippen molar-refractivity contribution in [3.05, 3.63) is 95.8 Å². The Hall–Kier alpha value is -4.19. The fourth-order valence-corrected chi connectivity index (χ4v) is 3.32. The fourth-order valence-electron chi connectivity index (χ4n) is 3.32. The molecule has 0 bridgehead atoms. The molecule has 2 aromatic carbocycles. The van der Waals surface area contributed by atoms with Gasteiger partial charge in [-0.2, -0.15) is 0 Å². The number of carbonyl (C=O) groups is 2. The zero-order valence-electron chi connectivity index (χ0n) is 16.0. The van der Waals surface area contributed by atoms with Gasteiger partial charge in [-0.25, -0.2) is 9.78 Å². The number of fused-ring (bicyclic) bond motifs is 1. The van der Waals surface area contributed by atoms with Crippen molar-refractivity contribution in [1.82, 2.24) is 9.97 Å². The minimum atomic E-state index is -1.03. The average molecular weight is 397 g/mol. The fraction of sp³-hybridized carbons (Fsp3) is 0.0417. The Kier molecular flexibility index (Phi) is 5.39. The highest BCUT2D eigenvalue weighted by atomic mass is 16.4. The van der Waals surface area contributed by atoms with Gasteiger partial charge >= 0.3 is 5.97 Å². The van der Waals surface area contributed by atoms with Gasteiger partial charge in [0.1, 0.15) is 5.65 Å². The summed E-state index contributed by atoms with van der Waals surface area (Å²) in [5, 5.41) is 13.3. The lowest BCUT2D eigenvalue weighted by Crippen LogP contribution is -2.14. The summed E-state index contributed by atoms with van der Waals surface area (Å²) in [6.07, 6.45) is 5.12. The van der Waals surface area contributed by atoms with Crippen molar-refractivity contribution in [2.24, 2.45) is 0 Å². The van der Waals surface area contributed by atoms with Gasteiger partial charge in [0.2, 0.25) is 5.91 Å². The molecule has 0 saturated heterocycles. The molecule has 30 heavy (non-hydrogen) atoms. The molecule has 6 nitrogen and oxygen atoms in total. The Labute approximate surface area is 172 Å². The van der Waals surface area contributed by atoms with Crippen LogP contribution < -0.4 is 5.32 Å². The number of carboxylic acid groups (broad SMARTS) is 1. The van der Waals surface area contributed by atoms with Crippen molar-refractivity contribution in [2.75, 3.05) is 5.32 Å². The van der Waals surface area contributed by atoms with Crippen LogP contribution in [-0.2, 0) is 16.0 Å². The van der Waals surface area contributed by atoms with Crippen LogP contribution in [0.3, 0.4) is 0 Å². The van der Waals surface area contributed by atoms with Gasteiger partial charge in [0, 0.05) is 23.3 Å². The van der Waals surface area contributed by atoms with E-state index < -0.39 is 5.97 Å². The van der Waals surface area contributed by atoms with Gasteiger partial charge in [0.25, 0.3) is 0 Å². The third-order valence-corrected chi connectivity index (χ3v) is 4.70. The second-order valence-electron chi connectivity index (χ2n) is 6.77. The van der Waals surface area contributed by atoms with Crippen LogP contribution in [0.4, 0.5) is 5.69 Å². The van der Waals surface area contributed by atoms with E-state index >= 15 is 0 Å². The first-order valence-corrected chi connectivity index (χ1v) is 9.42. The molecule has 0 aliphatic carbocycles. The summed E-state index contributed by atoms with van der Waals surface area (Å²) < 4.78 is 0. The number of aromatic nitrogens is 2. The van der Waals surface area contributed by atoms with E-state index in [2.05, 4.69) is 15.3 Å². The number of rotatable bonds is 6. The highest BCUT2D eigenvalue weighted by molar-refractivity contribution is 6.22. The monoisotopic (exact) mass is 397 g/mol. The van der Waals surface area contributed by atoms with E-state index in [-0.39, 0.29) is 17.9 Å². The van der Waals surface area contributed by atoms with Gasteiger partial charge in [-0.15, -0.1) is 0 Å². The van der Waals surface area contributed by atoms with Crippen LogP contribution >= 0.6 is 0 Å². The largest absolute Gasteiger partial charge is 0.478 e. The predicted molar refractivity (Wildman–Crippen MR) is 117 cm³/mol. The number of H-pyrrole nitrogens is 1. The molecule has 0 atom stereocenters. The van der Waals surface area contributed by atoms with Gasteiger partial charge in [-0.1, -0.05) is 60.7 Å². The molecule has 4 rings (SSSR count). The molecule has 2 aromatic heterocycles. The van der Waals surface area contributed by atoms with Crippen LogP contribution in [0.1, 0.15) is 16.7 Å². The first-order valence-electron chi connectivity index (χ1n) is 9.42. The third-order valence-electron chi connectivity index (χ3n) is 4.70. The molecular weight excluding hydrogens is 378 g/mol. The molecule has 0 fully saturated rings. The van der Waals surface area contributed by atoms with Crippen LogP contribution in [0.25, 0.3) is 22.7 Å². The van der Waals surface area contributed by atoms with Crippen molar-refractivity contribution >= 4 is 40.2 Å². The number of nitrogens with one attached hydrogen (secondary N) is 2. The van der Waals surface area contributed by atoms with Crippen molar-refractivity contribution < 1.29 is 14.7 Å². The zero-order chi connectivity index (χ0) is 20.9. The first kappa shape index (κ1) is 19.1. The van der Waals surface area contributed by atoms with Gasteiger partial charge in [-0.05, 0) is 23.3 Å². The second kappa shape index (κ2) is 8.45. The number of pyridine rings is 1. The van der Waals surface area contributed by atoms with Crippen LogP contribution in [0.15, 0.2) is 79.1 Å². The molecule has 4 aromatic rings. The molecule has 3 N–H and O–H groups in total. The number of nitrogens with zero attached hydrogens (tertiary/aromatic N) is 1. The number of hydrogen-bond acceptors (Lipinski definition) is 3. The van der Waals surface area contributed by atoms with Gasteiger partial charge in [0.05, 0.1) is 17.7 Å². The molecule has 6 heteroatoms. The SMILES string of the molecule is O=C(Cc1ccccc1)Nc1ccnc2[nH]cc(/C=C(\C(=O)O)c3ccccc3)c12. The Balaban J connectivity index is 1.70. The standard InChI is InChI=1S/C24H19N3O3/c28-21(13-16-7-3-1-4-8-16)27-20-11-12-25-23-22(20)18(15-26-23)14-19(24(29)30)17-9-5-2-6-10-17/h1-12,14-15H,13H2,(H,29,30)(H2,25,26,27,28)/b19-14-. The molecule has 0 spiro atoms. The van der Waals surface area contributed by atoms with Gasteiger partial charge < -0.3 is 15.4 Å². The molecular formula is C24H19N3O3. The van der Waals surface area contributed by atoms with E-state index in [1.165, 1.54) is 0 Å². The van der Waals surface area contributed by atoms with E-state index in [4.69, 9.17) is 0 Å². The maximum atomic E-state index is 12.6. The number of benzene rings is 2. The van der Waals surface area contributed by atoms with Crippen LogP contribution in [0.5, 0.6) is 0 Å². The first-order chi connectivity index (χ1) is 14.6. The highest BCUT2D eigenvalue weighted by Crippen LogP contribution is 2.29. The summed E-state index contributed by atoms with van der Waals surface area (Å²) in [7, 11) is 0. The number of aromatic amines is 1. The lowest BCUT2D eigenvalue weighted by Gasteiger charge is -2.08. The van der Waals surface area contributed by atoms with E-state index in [9.17, 15) is 14.7 Å². The zero-order valence-corrected chi connectivity index (χ0v) is 16.0. The van der Waals surface area contributed by atoms with E-state index in [0.717, 1.165) is 5.56 Å². The highest BCUT2D eigenvalue weighted by Gasteiger charge is 2.15. The number of amides is 1. The van der Waals surface area contributed by atoms with Crippen molar-refractivity contribution in [2.45, 2.75) is 6.42 Å². The van der Waals surface area contributed by atoms with Crippen molar-refractivity contribution in [1.29, 1.82) is 0 Å². The van der Waals surface area contributed by atoms with Crippen molar-refractivity contribution in [3.8, 4) is 0 Å². The molecule has 1 amide bonds. The number of carboxylic acids is 1. The third kappa shape index (κ3) is 4.12. The maximum Gasteiger partial charge on any atom is 0.336 e. The lowest BCUT2D eigenvalue weighted by atomic mass is 10.0.